The Morgan fingerprint density at radius 2 is 0.958 bits per heavy atom. The molecular weight excluding hydrogens is 1020 g/mol. The molecule has 0 spiro atoms. The number of para-hydroxylation sites is 2. The van der Waals surface area contributed by atoms with Crippen molar-refractivity contribution >= 4 is 127 Å². The number of ketones is 2. The summed E-state index contributed by atoms with van der Waals surface area (Å²) in [6, 6.07) is 19.9. The zero-order valence-corrected chi connectivity index (χ0v) is 43.2. The van der Waals surface area contributed by atoms with Gasteiger partial charge in [-0.2, -0.15) is 20.5 Å². The van der Waals surface area contributed by atoms with Gasteiger partial charge in [-0.3, -0.25) is 28.8 Å². The van der Waals surface area contributed by atoms with Crippen LogP contribution in [0.4, 0.5) is 34.1 Å². The highest BCUT2D eigenvalue weighted by Gasteiger charge is 2.27. The molecule has 0 fully saturated rings. The predicted molar refractivity (Wildman–Crippen MR) is 279 cm³/mol. The van der Waals surface area contributed by atoms with E-state index in [0.29, 0.717) is 52.8 Å². The Morgan fingerprint density at radius 1 is 0.535 bits per heavy atom. The van der Waals surface area contributed by atoms with Gasteiger partial charge in [0, 0.05) is 22.5 Å². The fourth-order valence-corrected chi connectivity index (χ4v) is 7.64. The second kappa shape index (κ2) is 25.6. The smallest absolute Gasteiger partial charge is 0.258 e. The third kappa shape index (κ3) is 14.6. The molecule has 16 nitrogen and oxygen atoms in total. The topological polar surface area (TPSA) is 218 Å². The summed E-state index contributed by atoms with van der Waals surface area (Å²) in [6.07, 6.45) is 0. The third-order valence-electron chi connectivity index (χ3n) is 10.3. The van der Waals surface area contributed by atoms with Crippen molar-refractivity contribution < 1.29 is 38.2 Å². The van der Waals surface area contributed by atoms with Gasteiger partial charge >= 0.3 is 0 Å². The summed E-state index contributed by atoms with van der Waals surface area (Å²) in [4.78, 5) is 79.7. The van der Waals surface area contributed by atoms with Gasteiger partial charge in [0.2, 0.25) is 12.1 Å². The number of hydrogen-bond donors (Lipinski definition) is 4. The van der Waals surface area contributed by atoms with Gasteiger partial charge in [-0.1, -0.05) is 47.5 Å². The van der Waals surface area contributed by atoms with Crippen LogP contribution in [0.15, 0.2) is 111 Å². The molecular formula is C50H49Cl5N8O8. The first-order valence-corrected chi connectivity index (χ1v) is 24.0. The maximum absolute atomic E-state index is 13.6. The van der Waals surface area contributed by atoms with Crippen LogP contribution in [0.1, 0.15) is 102 Å². The van der Waals surface area contributed by atoms with E-state index in [4.69, 9.17) is 67.5 Å². The van der Waals surface area contributed by atoms with Gasteiger partial charge < -0.3 is 30.7 Å². The molecule has 0 aromatic heterocycles. The molecule has 0 heterocycles. The standard InChI is InChI=1S/C50H49Cl5N8O8/c1-8-70-41-14-10-12-33(25(3)51)45(41)58-47(66)30-16-19-36(54)39(22-30)60-62-43(28(6)64)49(68)56-32-18-21-38(35(24-32)27(5)53)57-50(69)44(29(7)65)63-61-40-23-31(17-20-37(40)55)48(67)59-46-34(26(4)52)13-11-15-42(46)71-9-2/h10-27,43-44H,8-9H2,1-7H3,(H,56,68)(H,57,69)(H,58,66)(H,59,67). The van der Waals surface area contributed by atoms with Gasteiger partial charge in [0.1, 0.15) is 22.9 Å². The number of nitrogens with zero attached hydrogens (tertiary/aromatic N) is 4. The van der Waals surface area contributed by atoms with E-state index in [2.05, 4.69) is 41.7 Å². The molecule has 71 heavy (non-hydrogen) atoms. The summed E-state index contributed by atoms with van der Waals surface area (Å²) in [6.45, 7) is 11.7. The molecule has 0 bridgehead atoms. The number of halogens is 5. The highest BCUT2D eigenvalue weighted by molar-refractivity contribution is 6.33. The van der Waals surface area contributed by atoms with Gasteiger partial charge in [0.25, 0.3) is 23.6 Å². The monoisotopic (exact) mass is 1060 g/mol. The second-order valence-electron chi connectivity index (χ2n) is 15.6. The van der Waals surface area contributed by atoms with E-state index < -0.39 is 63.4 Å². The number of amides is 4. The minimum atomic E-state index is -1.66. The number of azo groups is 2. The minimum absolute atomic E-state index is 0.0000491. The lowest BCUT2D eigenvalue weighted by atomic mass is 10.1. The van der Waals surface area contributed by atoms with Crippen LogP contribution in [0.25, 0.3) is 0 Å². The summed E-state index contributed by atoms with van der Waals surface area (Å²) in [5.41, 5.74) is 2.97. The van der Waals surface area contributed by atoms with E-state index in [9.17, 15) is 28.8 Å². The molecule has 5 atom stereocenters. The molecule has 5 rings (SSSR count). The van der Waals surface area contributed by atoms with E-state index in [0.717, 1.165) is 13.8 Å². The van der Waals surface area contributed by atoms with Crippen LogP contribution < -0.4 is 30.7 Å². The first-order chi connectivity index (χ1) is 33.7. The molecule has 0 aliphatic carbocycles. The average Bonchev–Trinajstić information content (AvgIpc) is 3.31. The molecule has 0 aliphatic heterocycles. The number of carbonyl (C=O) groups is 6. The summed E-state index contributed by atoms with van der Waals surface area (Å²) in [5, 5.41) is 25.6. The minimum Gasteiger partial charge on any atom is -0.492 e. The SMILES string of the molecule is CCOc1cccc(C(C)Cl)c1NC(=O)c1ccc(Cl)c(N=NC(C(C)=O)C(=O)Nc2ccc(NC(=O)C(N=Nc3cc(C(=O)Nc4c(OCC)cccc4C(C)Cl)ccc3Cl)C(C)=O)c(C(C)Cl)c2)c1. The van der Waals surface area contributed by atoms with Crippen LogP contribution in [0.5, 0.6) is 11.5 Å². The number of anilines is 4. The van der Waals surface area contributed by atoms with Crippen LogP contribution in [-0.2, 0) is 19.2 Å². The van der Waals surface area contributed by atoms with Gasteiger partial charge in [-0.05, 0) is 132 Å². The van der Waals surface area contributed by atoms with Crippen LogP contribution in [0.3, 0.4) is 0 Å². The normalized spacial score (nSPS) is 13.4. The molecule has 5 aromatic rings. The lowest BCUT2D eigenvalue weighted by Crippen LogP contribution is -2.32. The van der Waals surface area contributed by atoms with Crippen LogP contribution in [0.2, 0.25) is 10.0 Å². The Labute approximate surface area is 435 Å². The average molecular weight is 1070 g/mol. The van der Waals surface area contributed by atoms with Crippen LogP contribution in [-0.4, -0.2) is 60.5 Å². The van der Waals surface area contributed by atoms with Crippen LogP contribution >= 0.6 is 58.0 Å². The van der Waals surface area contributed by atoms with Gasteiger partial charge in [-0.15, -0.1) is 34.8 Å². The molecule has 5 unspecified atom stereocenters. The second-order valence-corrected chi connectivity index (χ2v) is 18.4. The Morgan fingerprint density at radius 3 is 1.35 bits per heavy atom. The van der Waals surface area contributed by atoms with Crippen molar-refractivity contribution in [3.63, 3.8) is 0 Å². The van der Waals surface area contributed by atoms with Crippen LogP contribution in [0, 0.1) is 0 Å². The van der Waals surface area contributed by atoms with Gasteiger partial charge in [0.05, 0.1) is 50.8 Å². The summed E-state index contributed by atoms with van der Waals surface area (Å²) < 4.78 is 11.4. The molecule has 21 heteroatoms. The molecule has 0 radical (unpaired) electrons. The number of Topliss-reactive ketones (excluding diaryl/α,β-unsaturated/α-hetero) is 2. The molecule has 5 aromatic carbocycles. The van der Waals surface area contributed by atoms with E-state index in [1.54, 1.807) is 57.2 Å². The van der Waals surface area contributed by atoms with Crippen molar-refractivity contribution in [3.05, 3.63) is 129 Å². The fraction of sp³-hybridized carbons (Fsp3) is 0.280. The van der Waals surface area contributed by atoms with Gasteiger partial charge in [0.15, 0.2) is 11.6 Å². The number of hydrogen-bond acceptors (Lipinski definition) is 12. The lowest BCUT2D eigenvalue weighted by Gasteiger charge is -2.17. The van der Waals surface area contributed by atoms with E-state index in [1.165, 1.54) is 54.6 Å². The fourth-order valence-electron chi connectivity index (χ4n) is 6.78. The van der Waals surface area contributed by atoms with Crippen molar-refractivity contribution in [1.82, 2.24) is 0 Å². The highest BCUT2D eigenvalue weighted by Crippen LogP contribution is 2.38. The number of ether oxygens (including phenoxy) is 2. The zero-order chi connectivity index (χ0) is 52.1. The predicted octanol–water partition coefficient (Wildman–Crippen LogP) is 13.6. The van der Waals surface area contributed by atoms with E-state index >= 15 is 0 Å². The molecule has 4 N–H and O–H groups in total. The van der Waals surface area contributed by atoms with E-state index in [1.807, 2.05) is 13.8 Å². The molecule has 372 valence electrons. The van der Waals surface area contributed by atoms with E-state index in [-0.39, 0.29) is 43.9 Å². The zero-order valence-electron chi connectivity index (χ0n) is 39.4. The van der Waals surface area contributed by atoms with Crippen molar-refractivity contribution in [1.29, 1.82) is 0 Å². The highest BCUT2D eigenvalue weighted by atomic mass is 35.5. The molecule has 0 saturated carbocycles. The van der Waals surface area contributed by atoms with Crippen molar-refractivity contribution in [2.75, 3.05) is 34.5 Å². The maximum Gasteiger partial charge on any atom is 0.258 e. The summed E-state index contributed by atoms with van der Waals surface area (Å²) in [5.74, 6) is -3.31. The first kappa shape index (κ1) is 55.5. The quantitative estimate of drug-likeness (QED) is 0.0314. The largest absolute Gasteiger partial charge is 0.492 e. The van der Waals surface area contributed by atoms with Crippen molar-refractivity contribution in [2.45, 2.75) is 76.7 Å². The number of benzene rings is 5. The molecule has 4 amide bonds. The molecule has 0 saturated heterocycles. The summed E-state index contributed by atoms with van der Waals surface area (Å²) in [7, 11) is 0. The number of carbonyl (C=O) groups excluding carboxylic acids is 6. The molecule has 0 aliphatic rings. The van der Waals surface area contributed by atoms with Crippen molar-refractivity contribution in [2.24, 2.45) is 20.5 Å². The lowest BCUT2D eigenvalue weighted by molar-refractivity contribution is -0.127. The Hall–Kier alpha value is -6.43. The summed E-state index contributed by atoms with van der Waals surface area (Å²) >= 11 is 32.2. The Kier molecular flexibility index (Phi) is 20.0. The number of alkyl halides is 3. The third-order valence-corrected chi connectivity index (χ3v) is 11.6. The van der Waals surface area contributed by atoms with Crippen molar-refractivity contribution in [3.8, 4) is 11.5 Å². The maximum atomic E-state index is 13.6. The Balaban J connectivity index is 1.31. The first-order valence-electron chi connectivity index (χ1n) is 22.0. The Bertz CT molecular complexity index is 2890. The van der Waals surface area contributed by atoms with Gasteiger partial charge in [-0.25, -0.2) is 0 Å². The number of rotatable bonds is 21. The number of nitrogens with one attached hydrogen (secondary N) is 4.